The van der Waals surface area contributed by atoms with Crippen LogP contribution in [-0.2, 0) is 9.59 Å². The molecule has 1 rings (SSSR count). The van der Waals surface area contributed by atoms with Crippen molar-refractivity contribution in [3.8, 4) is 0 Å². The number of carboxylic acids is 1. The van der Waals surface area contributed by atoms with E-state index in [1.54, 1.807) is 0 Å². The van der Waals surface area contributed by atoms with E-state index in [2.05, 4.69) is 12.2 Å². The van der Waals surface area contributed by atoms with Crippen LogP contribution in [0.4, 0.5) is 0 Å². The van der Waals surface area contributed by atoms with Crippen molar-refractivity contribution in [2.24, 2.45) is 11.8 Å². The fraction of sp³-hybridized carbons (Fsp3) is 0.846. The van der Waals surface area contributed by atoms with Gasteiger partial charge in [0.1, 0.15) is 6.04 Å². The maximum Gasteiger partial charge on any atom is 0.325 e. The van der Waals surface area contributed by atoms with Crippen molar-refractivity contribution < 1.29 is 14.7 Å². The average Bonchev–Trinajstić information content (AvgIpc) is 2.29. The predicted octanol–water partition coefficient (Wildman–Crippen LogP) is 2.18. The van der Waals surface area contributed by atoms with Crippen LogP contribution in [0.2, 0.25) is 0 Å². The number of nitrogens with one attached hydrogen (secondary N) is 1. The van der Waals surface area contributed by atoms with Gasteiger partial charge in [-0.3, -0.25) is 9.59 Å². The molecular formula is C13H23NO3. The van der Waals surface area contributed by atoms with Gasteiger partial charge in [0.15, 0.2) is 0 Å². The molecule has 4 nitrogen and oxygen atoms in total. The highest BCUT2D eigenvalue weighted by Crippen LogP contribution is 2.31. The Bertz CT molecular complexity index is 272. The summed E-state index contributed by atoms with van der Waals surface area (Å²) in [7, 11) is 0. The molecule has 1 unspecified atom stereocenters. The van der Waals surface area contributed by atoms with Crippen molar-refractivity contribution in [1.29, 1.82) is 0 Å². The van der Waals surface area contributed by atoms with Crippen LogP contribution in [0.3, 0.4) is 0 Å². The lowest BCUT2D eigenvalue weighted by Gasteiger charge is -2.27. The number of amides is 1. The molecule has 1 amide bonds. The van der Waals surface area contributed by atoms with Gasteiger partial charge >= 0.3 is 5.97 Å². The van der Waals surface area contributed by atoms with Crippen LogP contribution in [0.1, 0.15) is 52.4 Å². The first-order valence-corrected chi connectivity index (χ1v) is 6.53. The van der Waals surface area contributed by atoms with Gasteiger partial charge in [-0.1, -0.05) is 39.0 Å². The van der Waals surface area contributed by atoms with E-state index in [0.717, 1.165) is 0 Å². The molecule has 1 fully saturated rings. The highest BCUT2D eigenvalue weighted by Gasteiger charge is 2.23. The number of aliphatic carboxylic acids is 1. The van der Waals surface area contributed by atoms with E-state index < -0.39 is 12.0 Å². The quantitative estimate of drug-likeness (QED) is 0.775. The van der Waals surface area contributed by atoms with Crippen molar-refractivity contribution >= 4 is 11.9 Å². The van der Waals surface area contributed by atoms with E-state index in [1.165, 1.54) is 39.0 Å². The molecule has 17 heavy (non-hydrogen) atoms. The lowest BCUT2D eigenvalue weighted by Crippen LogP contribution is -2.39. The third-order valence-electron chi connectivity index (χ3n) is 3.71. The molecule has 4 heteroatoms. The Hall–Kier alpha value is -1.06. The van der Waals surface area contributed by atoms with E-state index in [1.807, 2.05) is 0 Å². The molecule has 0 aromatic heterocycles. The minimum Gasteiger partial charge on any atom is -0.480 e. The number of hydrogen-bond donors (Lipinski definition) is 2. The molecule has 0 aliphatic heterocycles. The van der Waals surface area contributed by atoms with Crippen molar-refractivity contribution in [1.82, 2.24) is 5.32 Å². The van der Waals surface area contributed by atoms with Crippen LogP contribution in [0, 0.1) is 11.8 Å². The molecule has 0 aromatic carbocycles. The van der Waals surface area contributed by atoms with E-state index in [9.17, 15) is 9.59 Å². The second kappa shape index (κ2) is 6.62. The second-order valence-electron chi connectivity index (χ2n) is 5.21. The van der Waals surface area contributed by atoms with Crippen molar-refractivity contribution in [3.63, 3.8) is 0 Å². The highest BCUT2D eigenvalue weighted by atomic mass is 16.4. The Balaban J connectivity index is 2.31. The molecular weight excluding hydrogens is 218 g/mol. The minimum atomic E-state index is -0.983. The summed E-state index contributed by atoms with van der Waals surface area (Å²) in [5, 5.41) is 11.2. The van der Waals surface area contributed by atoms with Gasteiger partial charge in [0, 0.05) is 6.42 Å². The SMILES string of the molecule is CC(CC(=O)N[C@H](C)C(=O)O)C1CCCCC1. The van der Waals surface area contributed by atoms with Gasteiger partial charge in [-0.2, -0.15) is 0 Å². The van der Waals surface area contributed by atoms with Gasteiger partial charge in [-0.15, -0.1) is 0 Å². The van der Waals surface area contributed by atoms with Crippen LogP contribution >= 0.6 is 0 Å². The topological polar surface area (TPSA) is 66.4 Å². The maximum atomic E-state index is 11.6. The van der Waals surface area contributed by atoms with Crippen molar-refractivity contribution in [2.75, 3.05) is 0 Å². The molecule has 2 N–H and O–H groups in total. The fourth-order valence-electron chi connectivity index (χ4n) is 2.52. The Kier molecular flexibility index (Phi) is 5.45. The number of carbonyl (C=O) groups is 2. The monoisotopic (exact) mass is 241 g/mol. The summed E-state index contributed by atoms with van der Waals surface area (Å²) >= 11 is 0. The molecule has 1 aliphatic rings. The molecule has 0 spiro atoms. The zero-order valence-corrected chi connectivity index (χ0v) is 10.7. The minimum absolute atomic E-state index is 0.141. The lowest BCUT2D eigenvalue weighted by molar-refractivity contribution is -0.141. The molecule has 0 saturated heterocycles. The van der Waals surface area contributed by atoms with Crippen LogP contribution in [0.25, 0.3) is 0 Å². The summed E-state index contributed by atoms with van der Waals surface area (Å²) < 4.78 is 0. The summed E-state index contributed by atoms with van der Waals surface area (Å²) in [6.07, 6.45) is 6.71. The summed E-state index contributed by atoms with van der Waals surface area (Å²) in [6.45, 7) is 3.59. The van der Waals surface area contributed by atoms with E-state index in [4.69, 9.17) is 5.11 Å². The second-order valence-corrected chi connectivity index (χ2v) is 5.21. The van der Waals surface area contributed by atoms with Gasteiger partial charge in [0.05, 0.1) is 0 Å². The van der Waals surface area contributed by atoms with E-state index in [-0.39, 0.29) is 5.91 Å². The smallest absolute Gasteiger partial charge is 0.325 e. The normalized spacial score (nSPS) is 20.6. The zero-order chi connectivity index (χ0) is 12.8. The molecule has 0 heterocycles. The predicted molar refractivity (Wildman–Crippen MR) is 65.6 cm³/mol. The van der Waals surface area contributed by atoms with Crippen LogP contribution in [-0.4, -0.2) is 23.0 Å². The Labute approximate surface area is 103 Å². The third-order valence-corrected chi connectivity index (χ3v) is 3.71. The average molecular weight is 241 g/mol. The number of rotatable bonds is 5. The van der Waals surface area contributed by atoms with Gasteiger partial charge < -0.3 is 10.4 Å². The standard InChI is InChI=1S/C13H23NO3/c1-9(11-6-4-3-5-7-11)8-12(15)14-10(2)13(16)17/h9-11H,3-8H2,1-2H3,(H,14,15)(H,16,17)/t9?,10-/m1/s1. The van der Waals surface area contributed by atoms with E-state index >= 15 is 0 Å². The largest absolute Gasteiger partial charge is 0.480 e. The summed E-state index contributed by atoms with van der Waals surface area (Å²) in [5.41, 5.74) is 0. The highest BCUT2D eigenvalue weighted by molar-refractivity contribution is 5.83. The molecule has 1 aliphatic carbocycles. The molecule has 0 bridgehead atoms. The van der Waals surface area contributed by atoms with Crippen molar-refractivity contribution in [3.05, 3.63) is 0 Å². The van der Waals surface area contributed by atoms with Gasteiger partial charge in [0.2, 0.25) is 5.91 Å². The lowest BCUT2D eigenvalue weighted by atomic mass is 9.79. The first kappa shape index (κ1) is 14.0. The van der Waals surface area contributed by atoms with Crippen LogP contribution in [0.15, 0.2) is 0 Å². The Morgan fingerprint density at radius 2 is 1.82 bits per heavy atom. The molecule has 98 valence electrons. The van der Waals surface area contributed by atoms with E-state index in [0.29, 0.717) is 18.3 Å². The summed E-state index contributed by atoms with van der Waals surface area (Å²) in [5.74, 6) is -0.132. The van der Waals surface area contributed by atoms with Crippen LogP contribution < -0.4 is 5.32 Å². The zero-order valence-electron chi connectivity index (χ0n) is 10.7. The Morgan fingerprint density at radius 3 is 2.35 bits per heavy atom. The number of hydrogen-bond acceptors (Lipinski definition) is 2. The van der Waals surface area contributed by atoms with Crippen molar-refractivity contribution in [2.45, 2.75) is 58.4 Å². The van der Waals surface area contributed by atoms with Crippen LogP contribution in [0.5, 0.6) is 0 Å². The molecule has 0 aromatic rings. The van der Waals surface area contributed by atoms with Gasteiger partial charge in [0.25, 0.3) is 0 Å². The summed E-state index contributed by atoms with van der Waals surface area (Å²) in [6, 6.07) is -0.791. The van der Waals surface area contributed by atoms with Gasteiger partial charge in [-0.05, 0) is 18.8 Å². The summed E-state index contributed by atoms with van der Waals surface area (Å²) in [4.78, 5) is 22.2. The number of carboxylic acid groups (broad SMARTS) is 1. The third kappa shape index (κ3) is 4.75. The maximum absolute atomic E-state index is 11.6. The number of carbonyl (C=O) groups excluding carboxylic acids is 1. The molecule has 0 radical (unpaired) electrons. The Morgan fingerprint density at radius 1 is 1.24 bits per heavy atom. The molecule has 2 atom stereocenters. The first-order chi connectivity index (χ1) is 8.00. The van der Waals surface area contributed by atoms with Gasteiger partial charge in [-0.25, -0.2) is 0 Å². The first-order valence-electron chi connectivity index (χ1n) is 6.53. The molecule has 1 saturated carbocycles. The fourth-order valence-corrected chi connectivity index (χ4v) is 2.52.